The summed E-state index contributed by atoms with van der Waals surface area (Å²) in [6.07, 6.45) is 4.46. The molecule has 2 N–H and O–H groups in total. The van der Waals surface area contributed by atoms with Crippen LogP contribution < -0.4 is 10.5 Å². The standard InChI is InChI=1S/C28H38FN5O3/c1-3-28(29,4-2)19-33-16-13-20(14-17-33)18-37-25-12-11-23(31-32-25)21-7-9-22(10-8-21)27(36)34-15-5-6-24(34)26(30)35/h7-12,20,24H,3-6,13-19H2,1-2H3,(H2,30,35). The molecular weight excluding hydrogens is 473 g/mol. The van der Waals surface area contributed by atoms with E-state index in [0.717, 1.165) is 37.9 Å². The van der Waals surface area contributed by atoms with Gasteiger partial charge in [0.1, 0.15) is 11.7 Å². The van der Waals surface area contributed by atoms with Crippen LogP contribution in [-0.4, -0.2) is 76.3 Å². The third-order valence-electron chi connectivity index (χ3n) is 7.86. The van der Waals surface area contributed by atoms with Crippen LogP contribution in [0.3, 0.4) is 0 Å². The summed E-state index contributed by atoms with van der Waals surface area (Å²) in [6.45, 7) is 7.25. The van der Waals surface area contributed by atoms with Gasteiger partial charge in [0.2, 0.25) is 11.8 Å². The summed E-state index contributed by atoms with van der Waals surface area (Å²) in [7, 11) is 0. The molecule has 37 heavy (non-hydrogen) atoms. The van der Waals surface area contributed by atoms with E-state index in [0.29, 0.717) is 62.0 Å². The fraction of sp³-hybridized carbons (Fsp3) is 0.571. The molecule has 0 bridgehead atoms. The van der Waals surface area contributed by atoms with Crippen LogP contribution in [-0.2, 0) is 4.79 Å². The number of likely N-dealkylation sites (tertiary alicyclic amines) is 2. The van der Waals surface area contributed by atoms with E-state index >= 15 is 0 Å². The molecule has 0 saturated carbocycles. The molecule has 9 heteroatoms. The molecule has 2 aromatic rings. The van der Waals surface area contributed by atoms with Crippen LogP contribution in [0.4, 0.5) is 4.39 Å². The number of aromatic nitrogens is 2. The molecular formula is C28H38FN5O3. The first-order chi connectivity index (χ1) is 17.8. The number of primary amides is 1. The van der Waals surface area contributed by atoms with Crippen molar-refractivity contribution >= 4 is 11.8 Å². The van der Waals surface area contributed by atoms with Crippen molar-refractivity contribution in [2.75, 3.05) is 32.8 Å². The Balaban J connectivity index is 1.26. The molecule has 1 aromatic heterocycles. The van der Waals surface area contributed by atoms with E-state index in [1.165, 1.54) is 0 Å². The number of amides is 2. The average Bonchev–Trinajstić information content (AvgIpc) is 3.43. The predicted octanol–water partition coefficient (Wildman–Crippen LogP) is 3.85. The maximum Gasteiger partial charge on any atom is 0.254 e. The lowest BCUT2D eigenvalue weighted by atomic mass is 9.94. The highest BCUT2D eigenvalue weighted by atomic mass is 19.1. The van der Waals surface area contributed by atoms with Crippen LogP contribution in [0.2, 0.25) is 0 Å². The molecule has 0 aliphatic carbocycles. The Morgan fingerprint density at radius 1 is 1.03 bits per heavy atom. The number of alkyl halides is 1. The van der Waals surface area contributed by atoms with E-state index in [4.69, 9.17) is 10.5 Å². The molecule has 2 amide bonds. The number of nitrogens with zero attached hydrogens (tertiary/aromatic N) is 4. The molecule has 2 fully saturated rings. The second-order valence-electron chi connectivity index (χ2n) is 10.3. The molecule has 0 radical (unpaired) electrons. The van der Waals surface area contributed by atoms with Crippen LogP contribution in [0.25, 0.3) is 11.3 Å². The number of carbonyl (C=O) groups is 2. The second-order valence-corrected chi connectivity index (χ2v) is 10.3. The van der Waals surface area contributed by atoms with Crippen molar-refractivity contribution in [3.05, 3.63) is 42.0 Å². The van der Waals surface area contributed by atoms with Gasteiger partial charge in [0.05, 0.1) is 12.3 Å². The lowest BCUT2D eigenvalue weighted by molar-refractivity contribution is -0.121. The summed E-state index contributed by atoms with van der Waals surface area (Å²) in [5, 5.41) is 8.51. The molecule has 2 saturated heterocycles. The number of nitrogens with two attached hydrogens (primary N) is 1. The minimum absolute atomic E-state index is 0.187. The third kappa shape index (κ3) is 6.63. The number of hydrogen-bond donors (Lipinski definition) is 1. The van der Waals surface area contributed by atoms with Crippen molar-refractivity contribution in [2.45, 2.75) is 64.1 Å². The summed E-state index contributed by atoms with van der Waals surface area (Å²) in [5.74, 6) is 0.250. The van der Waals surface area contributed by atoms with Crippen molar-refractivity contribution in [1.82, 2.24) is 20.0 Å². The van der Waals surface area contributed by atoms with Gasteiger partial charge in [-0.25, -0.2) is 4.39 Å². The Morgan fingerprint density at radius 2 is 1.73 bits per heavy atom. The Hall–Kier alpha value is -3.07. The summed E-state index contributed by atoms with van der Waals surface area (Å²) in [4.78, 5) is 28.2. The fourth-order valence-corrected chi connectivity index (χ4v) is 5.19. The van der Waals surface area contributed by atoms with Gasteiger partial charge in [-0.2, -0.15) is 0 Å². The zero-order valence-electron chi connectivity index (χ0n) is 21.9. The van der Waals surface area contributed by atoms with E-state index < -0.39 is 17.6 Å². The molecule has 8 nitrogen and oxygen atoms in total. The molecule has 4 rings (SSSR count). The van der Waals surface area contributed by atoms with Crippen molar-refractivity contribution < 1.29 is 18.7 Å². The van der Waals surface area contributed by atoms with Crippen molar-refractivity contribution in [3.63, 3.8) is 0 Å². The zero-order chi connectivity index (χ0) is 26.4. The summed E-state index contributed by atoms with van der Waals surface area (Å²) in [5.41, 5.74) is 6.38. The van der Waals surface area contributed by atoms with Gasteiger partial charge in [0.15, 0.2) is 0 Å². The minimum Gasteiger partial charge on any atom is -0.476 e. The quantitative estimate of drug-likeness (QED) is 0.520. The molecule has 1 unspecified atom stereocenters. The zero-order valence-corrected chi connectivity index (χ0v) is 21.9. The van der Waals surface area contributed by atoms with Gasteiger partial charge in [-0.1, -0.05) is 26.0 Å². The van der Waals surface area contributed by atoms with Gasteiger partial charge in [-0.05, 0) is 75.7 Å². The lowest BCUT2D eigenvalue weighted by Gasteiger charge is -2.36. The van der Waals surface area contributed by atoms with Crippen LogP contribution in [0, 0.1) is 5.92 Å². The number of halogens is 1. The second kappa shape index (κ2) is 12.0. The summed E-state index contributed by atoms with van der Waals surface area (Å²) in [6, 6.07) is 10.2. The largest absolute Gasteiger partial charge is 0.476 e. The Bertz CT molecular complexity index is 1050. The molecule has 3 heterocycles. The lowest BCUT2D eigenvalue weighted by Crippen LogP contribution is -2.44. The van der Waals surface area contributed by atoms with Gasteiger partial charge in [-0.15, -0.1) is 10.2 Å². The van der Waals surface area contributed by atoms with Crippen LogP contribution in [0.5, 0.6) is 5.88 Å². The van der Waals surface area contributed by atoms with Gasteiger partial charge >= 0.3 is 0 Å². The molecule has 200 valence electrons. The van der Waals surface area contributed by atoms with E-state index in [1.54, 1.807) is 23.1 Å². The number of carbonyl (C=O) groups excluding carboxylic acids is 2. The summed E-state index contributed by atoms with van der Waals surface area (Å²) >= 11 is 0. The fourth-order valence-electron chi connectivity index (χ4n) is 5.19. The van der Waals surface area contributed by atoms with E-state index in [2.05, 4.69) is 15.1 Å². The highest BCUT2D eigenvalue weighted by Crippen LogP contribution is 2.26. The smallest absolute Gasteiger partial charge is 0.254 e. The molecule has 2 aliphatic rings. The van der Waals surface area contributed by atoms with Crippen molar-refractivity contribution in [1.29, 1.82) is 0 Å². The Morgan fingerprint density at radius 3 is 2.32 bits per heavy atom. The van der Waals surface area contributed by atoms with Gasteiger partial charge in [0.25, 0.3) is 5.91 Å². The van der Waals surface area contributed by atoms with Crippen LogP contribution in [0.15, 0.2) is 36.4 Å². The average molecular weight is 512 g/mol. The Kier molecular flexibility index (Phi) is 8.74. The number of benzene rings is 1. The van der Waals surface area contributed by atoms with Crippen LogP contribution in [0.1, 0.15) is 62.7 Å². The van der Waals surface area contributed by atoms with E-state index in [1.807, 2.05) is 32.0 Å². The first kappa shape index (κ1) is 27.0. The summed E-state index contributed by atoms with van der Waals surface area (Å²) < 4.78 is 20.6. The number of hydrogen-bond acceptors (Lipinski definition) is 6. The monoisotopic (exact) mass is 511 g/mol. The molecule has 1 atom stereocenters. The van der Waals surface area contributed by atoms with E-state index in [-0.39, 0.29) is 5.91 Å². The van der Waals surface area contributed by atoms with Crippen molar-refractivity contribution in [3.8, 4) is 17.1 Å². The predicted molar refractivity (Wildman–Crippen MR) is 140 cm³/mol. The first-order valence-electron chi connectivity index (χ1n) is 13.4. The SMILES string of the molecule is CCC(F)(CC)CN1CCC(COc2ccc(-c3ccc(C(=O)N4CCCC4C(N)=O)cc3)nn2)CC1. The maximum atomic E-state index is 14.7. The third-order valence-corrected chi connectivity index (χ3v) is 7.86. The minimum atomic E-state index is -1.08. The van der Waals surface area contributed by atoms with E-state index in [9.17, 15) is 14.0 Å². The number of piperidine rings is 1. The maximum absolute atomic E-state index is 14.7. The van der Waals surface area contributed by atoms with Gasteiger partial charge < -0.3 is 20.3 Å². The highest BCUT2D eigenvalue weighted by molar-refractivity contribution is 5.98. The topological polar surface area (TPSA) is 102 Å². The highest BCUT2D eigenvalue weighted by Gasteiger charge is 2.33. The number of ether oxygens (including phenoxy) is 1. The van der Waals surface area contributed by atoms with Crippen molar-refractivity contribution in [2.24, 2.45) is 11.7 Å². The Labute approximate surface area is 218 Å². The first-order valence-corrected chi connectivity index (χ1v) is 13.4. The van der Waals surface area contributed by atoms with Gasteiger partial charge in [-0.3, -0.25) is 9.59 Å². The molecule has 0 spiro atoms. The normalized spacial score (nSPS) is 19.2. The number of rotatable bonds is 10. The van der Waals surface area contributed by atoms with Gasteiger partial charge in [0, 0.05) is 30.3 Å². The van der Waals surface area contributed by atoms with Crippen LogP contribution >= 0.6 is 0 Å². The molecule has 1 aromatic carbocycles. The molecule has 2 aliphatic heterocycles.